The monoisotopic (exact) mass is 467 g/mol. The van der Waals surface area contributed by atoms with Crippen LogP contribution in [0.5, 0.6) is 0 Å². The largest absolute Gasteiger partial charge is 0.378 e. The number of nitrogens with zero attached hydrogens (tertiary/aromatic N) is 5. The van der Waals surface area contributed by atoms with Gasteiger partial charge in [0.25, 0.3) is 0 Å². The van der Waals surface area contributed by atoms with Gasteiger partial charge >= 0.3 is 0 Å². The summed E-state index contributed by atoms with van der Waals surface area (Å²) in [5, 5.41) is 10.9. The maximum absolute atomic E-state index is 5.45. The summed E-state index contributed by atoms with van der Waals surface area (Å²) >= 11 is 0. The predicted molar refractivity (Wildman–Crippen MR) is 140 cm³/mol. The number of aryl methyl sites for hydroxylation is 1. The third kappa shape index (κ3) is 5.67. The standard InChI is InChI=1S/C27H29N7O/c1-20-3-4-21(23-18-30-33(2)19-23)5-6-22(17-29-20)26-11-12-28-27(32-26)31-24-7-9-25(10-8-24)34-13-15-35-16-14-34/h3-5,7-12,17-19,29H,1,6,13-16H2,2H3,(H,28,31,32)/b4-3-,21-5+,22-17+. The first-order valence-corrected chi connectivity index (χ1v) is 11.7. The molecule has 0 spiro atoms. The average molecular weight is 468 g/mol. The highest BCUT2D eigenvalue weighted by Gasteiger charge is 2.12. The van der Waals surface area contributed by atoms with E-state index in [0.717, 1.165) is 60.1 Å². The Balaban J connectivity index is 1.33. The highest BCUT2D eigenvalue weighted by atomic mass is 16.5. The van der Waals surface area contributed by atoms with Crippen LogP contribution in [-0.2, 0) is 11.8 Å². The normalized spacial score (nSPS) is 20.4. The Morgan fingerprint density at radius 3 is 2.69 bits per heavy atom. The van der Waals surface area contributed by atoms with Gasteiger partial charge in [0.05, 0.1) is 25.1 Å². The van der Waals surface area contributed by atoms with Crippen molar-refractivity contribution in [3.8, 4) is 0 Å². The van der Waals surface area contributed by atoms with Crippen LogP contribution in [0, 0.1) is 0 Å². The van der Waals surface area contributed by atoms with Crippen LogP contribution in [0.4, 0.5) is 17.3 Å². The van der Waals surface area contributed by atoms with Crippen LogP contribution in [0.25, 0.3) is 11.1 Å². The van der Waals surface area contributed by atoms with E-state index < -0.39 is 0 Å². The molecule has 0 bridgehead atoms. The number of ether oxygens (including phenoxy) is 1. The number of benzene rings is 1. The summed E-state index contributed by atoms with van der Waals surface area (Å²) < 4.78 is 7.25. The Kier molecular flexibility index (Phi) is 6.72. The molecule has 2 N–H and O–H groups in total. The zero-order chi connectivity index (χ0) is 24.0. The molecule has 0 aliphatic carbocycles. The lowest BCUT2D eigenvalue weighted by atomic mass is 10.0. The van der Waals surface area contributed by atoms with E-state index in [-0.39, 0.29) is 0 Å². The summed E-state index contributed by atoms with van der Waals surface area (Å²) in [6, 6.07) is 10.3. The molecule has 0 saturated carbocycles. The molecule has 3 aromatic rings. The summed E-state index contributed by atoms with van der Waals surface area (Å²) in [7, 11) is 1.92. The first-order valence-electron chi connectivity index (χ1n) is 11.7. The first kappa shape index (κ1) is 22.6. The molecule has 1 saturated heterocycles. The second kappa shape index (κ2) is 10.4. The number of rotatable bonds is 5. The van der Waals surface area contributed by atoms with Crippen molar-refractivity contribution >= 4 is 28.5 Å². The lowest BCUT2D eigenvalue weighted by molar-refractivity contribution is 0.122. The Bertz CT molecular complexity index is 1280. The number of hydrogen-bond donors (Lipinski definition) is 2. The van der Waals surface area contributed by atoms with E-state index in [1.165, 1.54) is 5.69 Å². The van der Waals surface area contributed by atoms with Gasteiger partial charge in [0, 0.05) is 61.4 Å². The van der Waals surface area contributed by atoms with Crippen molar-refractivity contribution in [2.24, 2.45) is 7.05 Å². The van der Waals surface area contributed by atoms with E-state index in [1.807, 2.05) is 37.8 Å². The van der Waals surface area contributed by atoms with Crippen LogP contribution in [0.2, 0.25) is 0 Å². The maximum atomic E-state index is 5.45. The topological polar surface area (TPSA) is 80.1 Å². The molecule has 0 radical (unpaired) electrons. The van der Waals surface area contributed by atoms with Gasteiger partial charge in [-0.15, -0.1) is 0 Å². The number of allylic oxidation sites excluding steroid dienone is 5. The van der Waals surface area contributed by atoms with E-state index in [9.17, 15) is 0 Å². The Labute approximate surface area is 205 Å². The minimum Gasteiger partial charge on any atom is -0.378 e. The molecule has 1 fully saturated rings. The van der Waals surface area contributed by atoms with Crippen molar-refractivity contribution in [1.82, 2.24) is 25.1 Å². The molecular weight excluding hydrogens is 438 g/mol. The summed E-state index contributed by atoms with van der Waals surface area (Å²) in [6.45, 7) is 7.46. The molecule has 0 amide bonds. The van der Waals surface area contributed by atoms with Gasteiger partial charge in [-0.1, -0.05) is 18.7 Å². The maximum Gasteiger partial charge on any atom is 0.227 e. The second-order valence-electron chi connectivity index (χ2n) is 8.48. The van der Waals surface area contributed by atoms with Crippen LogP contribution < -0.4 is 15.5 Å². The minimum absolute atomic E-state index is 0.552. The molecule has 5 rings (SSSR count). The zero-order valence-electron chi connectivity index (χ0n) is 19.8. The second-order valence-corrected chi connectivity index (χ2v) is 8.48. The fraction of sp³-hybridized carbons (Fsp3) is 0.222. The Hall–Kier alpha value is -4.17. The Morgan fingerprint density at radius 1 is 1.09 bits per heavy atom. The third-order valence-electron chi connectivity index (χ3n) is 5.96. The minimum atomic E-state index is 0.552. The van der Waals surface area contributed by atoms with Crippen molar-refractivity contribution in [1.29, 1.82) is 0 Å². The zero-order valence-corrected chi connectivity index (χ0v) is 19.8. The molecule has 1 aromatic carbocycles. The van der Waals surface area contributed by atoms with Gasteiger partial charge < -0.3 is 20.3 Å². The lowest BCUT2D eigenvalue weighted by Crippen LogP contribution is -2.36. The lowest BCUT2D eigenvalue weighted by Gasteiger charge is -2.28. The van der Waals surface area contributed by atoms with Crippen molar-refractivity contribution in [2.45, 2.75) is 6.42 Å². The molecule has 2 aromatic heterocycles. The van der Waals surface area contributed by atoms with Gasteiger partial charge in [0.15, 0.2) is 0 Å². The molecule has 35 heavy (non-hydrogen) atoms. The van der Waals surface area contributed by atoms with Crippen molar-refractivity contribution in [2.75, 3.05) is 36.5 Å². The summed E-state index contributed by atoms with van der Waals surface area (Å²) in [5.41, 5.74) is 6.95. The number of morpholine rings is 1. The molecule has 0 unspecified atom stereocenters. The van der Waals surface area contributed by atoms with Crippen molar-refractivity contribution < 1.29 is 4.74 Å². The highest BCUT2D eigenvalue weighted by Crippen LogP contribution is 2.25. The van der Waals surface area contributed by atoms with Crippen molar-refractivity contribution in [3.63, 3.8) is 0 Å². The summed E-state index contributed by atoms with van der Waals surface area (Å²) in [4.78, 5) is 11.5. The molecule has 178 valence electrons. The quantitative estimate of drug-likeness (QED) is 0.580. The molecule has 4 heterocycles. The molecule has 2 aliphatic heterocycles. The van der Waals surface area contributed by atoms with Crippen LogP contribution in [0.1, 0.15) is 17.7 Å². The Morgan fingerprint density at radius 2 is 1.91 bits per heavy atom. The number of hydrogen-bond acceptors (Lipinski definition) is 7. The fourth-order valence-corrected chi connectivity index (χ4v) is 4.03. The van der Waals surface area contributed by atoms with E-state index >= 15 is 0 Å². The van der Waals surface area contributed by atoms with E-state index in [0.29, 0.717) is 12.4 Å². The van der Waals surface area contributed by atoms with Gasteiger partial charge in [0.1, 0.15) is 0 Å². The van der Waals surface area contributed by atoms with Gasteiger partial charge in [-0.2, -0.15) is 5.10 Å². The summed E-state index contributed by atoms with van der Waals surface area (Å²) in [6.07, 6.45) is 14.5. The van der Waals surface area contributed by atoms with E-state index in [4.69, 9.17) is 9.72 Å². The van der Waals surface area contributed by atoms with Crippen molar-refractivity contribution in [3.05, 3.63) is 96.9 Å². The molecule has 8 heteroatoms. The molecule has 0 atom stereocenters. The number of anilines is 3. The molecule has 8 nitrogen and oxygen atoms in total. The smallest absolute Gasteiger partial charge is 0.227 e. The van der Waals surface area contributed by atoms with Gasteiger partial charge in [-0.25, -0.2) is 9.97 Å². The number of aromatic nitrogens is 4. The predicted octanol–water partition coefficient (Wildman–Crippen LogP) is 4.28. The van der Waals surface area contributed by atoms with Crippen LogP contribution in [0.15, 0.2) is 85.6 Å². The number of nitrogens with one attached hydrogen (secondary N) is 2. The van der Waals surface area contributed by atoms with E-state index in [1.54, 1.807) is 10.9 Å². The fourth-order valence-electron chi connectivity index (χ4n) is 4.03. The van der Waals surface area contributed by atoms with Crippen LogP contribution in [0.3, 0.4) is 0 Å². The summed E-state index contributed by atoms with van der Waals surface area (Å²) in [5.74, 6) is 0.552. The van der Waals surface area contributed by atoms with Crippen LogP contribution >= 0.6 is 0 Å². The third-order valence-corrected chi connectivity index (χ3v) is 5.96. The highest BCUT2D eigenvalue weighted by molar-refractivity contribution is 5.77. The average Bonchev–Trinajstić information content (AvgIpc) is 3.35. The molecule has 2 aliphatic rings. The SMILES string of the molecule is C=C1/C=C\C(c2cnn(C)c2)=C/C/C(c2ccnc(Nc3ccc(N4CCOCC4)cc3)n2)=C\N1. The first-order chi connectivity index (χ1) is 17.1. The van der Waals surface area contributed by atoms with Gasteiger partial charge in [-0.05, 0) is 54.0 Å². The van der Waals surface area contributed by atoms with Gasteiger partial charge in [-0.3, -0.25) is 4.68 Å². The van der Waals surface area contributed by atoms with Crippen LogP contribution in [-0.4, -0.2) is 46.1 Å². The van der Waals surface area contributed by atoms with Gasteiger partial charge in [0.2, 0.25) is 5.95 Å². The molecular formula is C27H29N7O. The van der Waals surface area contributed by atoms with E-state index in [2.05, 4.69) is 68.6 Å².